The molecule has 0 saturated heterocycles. The lowest BCUT2D eigenvalue weighted by Gasteiger charge is -2.04. The highest BCUT2D eigenvalue weighted by atomic mass is 35.5. The molecule has 1 heterocycles. The maximum Gasteiger partial charge on any atom is 0.269 e. The Morgan fingerprint density at radius 1 is 1.00 bits per heavy atom. The number of rotatable bonds is 5. The highest BCUT2D eigenvalue weighted by Gasteiger charge is 2.19. The van der Waals surface area contributed by atoms with Gasteiger partial charge in [0, 0.05) is 22.7 Å². The van der Waals surface area contributed by atoms with Crippen LogP contribution in [0.3, 0.4) is 0 Å². The van der Waals surface area contributed by atoms with Gasteiger partial charge in [-0.2, -0.15) is 0 Å². The van der Waals surface area contributed by atoms with E-state index in [1.165, 1.54) is 29.5 Å². The molecule has 0 spiro atoms. The van der Waals surface area contributed by atoms with Crippen LogP contribution >= 0.6 is 34.5 Å². The SMILES string of the molecule is Cc1ccc(-c2sc(NC(=O)c3ccc(Cl)cc3Cl)nc2-c2ccc([N+](=O)[O-])cc2)cc1. The van der Waals surface area contributed by atoms with Crippen LogP contribution in [-0.4, -0.2) is 15.8 Å². The molecule has 0 saturated carbocycles. The van der Waals surface area contributed by atoms with Gasteiger partial charge < -0.3 is 0 Å². The van der Waals surface area contributed by atoms with Crippen molar-refractivity contribution in [2.75, 3.05) is 5.32 Å². The Kier molecular flexibility index (Phi) is 6.23. The molecular weight excluding hydrogens is 469 g/mol. The summed E-state index contributed by atoms with van der Waals surface area (Å²) in [5, 5.41) is 14.8. The molecule has 1 amide bonds. The molecule has 0 aliphatic heterocycles. The number of anilines is 1. The predicted octanol–water partition coefficient (Wildman–Crippen LogP) is 7.25. The molecule has 0 aliphatic carbocycles. The highest BCUT2D eigenvalue weighted by molar-refractivity contribution is 7.19. The zero-order chi connectivity index (χ0) is 22.8. The first-order valence-electron chi connectivity index (χ1n) is 9.41. The maximum atomic E-state index is 12.8. The fourth-order valence-corrected chi connectivity index (χ4v) is 4.53. The summed E-state index contributed by atoms with van der Waals surface area (Å²) < 4.78 is 0. The molecule has 9 heteroatoms. The fraction of sp³-hybridized carbons (Fsp3) is 0.0435. The van der Waals surface area contributed by atoms with Crippen molar-refractivity contribution < 1.29 is 9.72 Å². The number of amides is 1. The topological polar surface area (TPSA) is 85.1 Å². The number of nitrogens with zero attached hydrogens (tertiary/aromatic N) is 2. The number of aryl methyl sites for hydroxylation is 1. The van der Waals surface area contributed by atoms with Gasteiger partial charge in [0.05, 0.1) is 26.1 Å². The first kappa shape index (κ1) is 22.0. The Morgan fingerprint density at radius 3 is 2.28 bits per heavy atom. The lowest BCUT2D eigenvalue weighted by atomic mass is 10.1. The van der Waals surface area contributed by atoms with E-state index >= 15 is 0 Å². The highest BCUT2D eigenvalue weighted by Crippen LogP contribution is 2.39. The zero-order valence-electron chi connectivity index (χ0n) is 16.6. The van der Waals surface area contributed by atoms with Crippen molar-refractivity contribution in [1.82, 2.24) is 4.98 Å². The first-order valence-corrected chi connectivity index (χ1v) is 11.0. The normalized spacial score (nSPS) is 10.7. The molecule has 6 nitrogen and oxygen atoms in total. The van der Waals surface area contributed by atoms with E-state index in [4.69, 9.17) is 23.2 Å². The number of carbonyl (C=O) groups is 1. The Balaban J connectivity index is 1.74. The molecule has 0 aliphatic rings. The van der Waals surface area contributed by atoms with Crippen LogP contribution in [0.2, 0.25) is 10.0 Å². The van der Waals surface area contributed by atoms with Crippen LogP contribution in [0.5, 0.6) is 0 Å². The van der Waals surface area contributed by atoms with Gasteiger partial charge in [-0.25, -0.2) is 4.98 Å². The number of thiazole rings is 1. The van der Waals surface area contributed by atoms with Gasteiger partial charge in [-0.15, -0.1) is 0 Å². The summed E-state index contributed by atoms with van der Waals surface area (Å²) in [6.07, 6.45) is 0. The molecule has 0 atom stereocenters. The largest absolute Gasteiger partial charge is 0.298 e. The molecule has 1 aromatic heterocycles. The van der Waals surface area contributed by atoms with Crippen molar-refractivity contribution >= 4 is 51.3 Å². The third-order valence-corrected chi connectivity index (χ3v) is 6.26. The van der Waals surface area contributed by atoms with Gasteiger partial charge in [-0.1, -0.05) is 64.4 Å². The van der Waals surface area contributed by atoms with Gasteiger partial charge in [0.15, 0.2) is 5.13 Å². The van der Waals surface area contributed by atoms with Crippen molar-refractivity contribution in [1.29, 1.82) is 0 Å². The number of hydrogen-bond donors (Lipinski definition) is 1. The van der Waals surface area contributed by atoms with Crippen LogP contribution in [0.1, 0.15) is 15.9 Å². The number of halogens is 2. The van der Waals surface area contributed by atoms with Gasteiger partial charge in [-0.05, 0) is 42.8 Å². The van der Waals surface area contributed by atoms with Crippen LogP contribution in [0.4, 0.5) is 10.8 Å². The van der Waals surface area contributed by atoms with Gasteiger partial charge in [0.1, 0.15) is 0 Å². The minimum absolute atomic E-state index is 0.00762. The Hall–Kier alpha value is -3.26. The van der Waals surface area contributed by atoms with Crippen LogP contribution in [-0.2, 0) is 0 Å². The molecule has 0 bridgehead atoms. The number of non-ortho nitro benzene ring substituents is 1. The predicted molar refractivity (Wildman–Crippen MR) is 129 cm³/mol. The van der Waals surface area contributed by atoms with E-state index in [2.05, 4.69) is 10.3 Å². The molecule has 3 aromatic carbocycles. The summed E-state index contributed by atoms with van der Waals surface area (Å²) in [4.78, 5) is 28.8. The molecule has 32 heavy (non-hydrogen) atoms. The fourth-order valence-electron chi connectivity index (χ4n) is 3.05. The summed E-state index contributed by atoms with van der Waals surface area (Å²) in [7, 11) is 0. The summed E-state index contributed by atoms with van der Waals surface area (Å²) >= 11 is 13.4. The summed E-state index contributed by atoms with van der Waals surface area (Å²) in [5.74, 6) is -0.411. The average molecular weight is 484 g/mol. The maximum absolute atomic E-state index is 12.8. The standard InChI is InChI=1S/C23H15Cl2N3O3S/c1-13-2-4-15(5-3-13)21-20(14-6-9-17(10-7-14)28(30)31)26-23(32-21)27-22(29)18-11-8-16(24)12-19(18)25/h2-12H,1H3,(H,26,27,29). The second-order valence-corrected chi connectivity index (χ2v) is 8.79. The Labute approximate surface area is 197 Å². The molecule has 160 valence electrons. The molecular formula is C23H15Cl2N3O3S. The van der Waals surface area contributed by atoms with E-state index < -0.39 is 10.8 Å². The second kappa shape index (κ2) is 9.08. The van der Waals surface area contributed by atoms with Crippen molar-refractivity contribution in [2.24, 2.45) is 0 Å². The van der Waals surface area contributed by atoms with Crippen molar-refractivity contribution in [3.63, 3.8) is 0 Å². The second-order valence-electron chi connectivity index (χ2n) is 6.95. The monoisotopic (exact) mass is 483 g/mol. The van der Waals surface area contributed by atoms with Gasteiger partial charge in [-0.3, -0.25) is 20.2 Å². The lowest BCUT2D eigenvalue weighted by molar-refractivity contribution is -0.384. The number of benzene rings is 3. The number of aromatic nitrogens is 1. The van der Waals surface area contributed by atoms with Crippen molar-refractivity contribution in [3.05, 3.63) is 98.0 Å². The zero-order valence-corrected chi connectivity index (χ0v) is 19.0. The first-order chi connectivity index (χ1) is 15.3. The smallest absolute Gasteiger partial charge is 0.269 e. The van der Waals surface area contributed by atoms with Crippen LogP contribution in [0.25, 0.3) is 21.7 Å². The molecule has 1 N–H and O–H groups in total. The van der Waals surface area contributed by atoms with Crippen LogP contribution in [0.15, 0.2) is 66.7 Å². The number of nitro groups is 1. The van der Waals surface area contributed by atoms with E-state index in [9.17, 15) is 14.9 Å². The minimum atomic E-state index is -0.451. The molecule has 4 rings (SSSR count). The third kappa shape index (κ3) is 4.65. The van der Waals surface area contributed by atoms with E-state index in [0.717, 1.165) is 16.0 Å². The summed E-state index contributed by atoms with van der Waals surface area (Å²) in [5.41, 5.74) is 3.62. The van der Waals surface area contributed by atoms with Crippen molar-refractivity contribution in [2.45, 2.75) is 6.92 Å². The van der Waals surface area contributed by atoms with Gasteiger partial charge in [0.2, 0.25) is 0 Å². The molecule has 0 fully saturated rings. The number of nitrogens with one attached hydrogen (secondary N) is 1. The molecule has 0 unspecified atom stereocenters. The van der Waals surface area contributed by atoms with E-state index in [-0.39, 0.29) is 16.3 Å². The van der Waals surface area contributed by atoms with E-state index in [1.54, 1.807) is 24.3 Å². The van der Waals surface area contributed by atoms with Gasteiger partial charge in [0.25, 0.3) is 11.6 Å². The third-order valence-electron chi connectivity index (χ3n) is 4.69. The van der Waals surface area contributed by atoms with Crippen LogP contribution in [0, 0.1) is 17.0 Å². The quantitative estimate of drug-likeness (QED) is 0.239. The van der Waals surface area contributed by atoms with Crippen molar-refractivity contribution in [3.8, 4) is 21.7 Å². The minimum Gasteiger partial charge on any atom is -0.298 e. The van der Waals surface area contributed by atoms with E-state index in [0.29, 0.717) is 21.4 Å². The van der Waals surface area contributed by atoms with Crippen LogP contribution < -0.4 is 5.32 Å². The molecule has 4 aromatic rings. The summed E-state index contributed by atoms with van der Waals surface area (Å²) in [6, 6.07) is 18.7. The summed E-state index contributed by atoms with van der Waals surface area (Å²) in [6.45, 7) is 2.00. The average Bonchev–Trinajstić information content (AvgIpc) is 3.17. The lowest BCUT2D eigenvalue weighted by Crippen LogP contribution is -2.12. The number of nitro benzene ring substituents is 1. The number of hydrogen-bond acceptors (Lipinski definition) is 5. The number of carbonyl (C=O) groups excluding carboxylic acids is 1. The Bertz CT molecular complexity index is 1320. The molecule has 0 radical (unpaired) electrons. The van der Waals surface area contributed by atoms with E-state index in [1.807, 2.05) is 31.2 Å². The Morgan fingerprint density at radius 2 is 1.66 bits per heavy atom. The van der Waals surface area contributed by atoms with Gasteiger partial charge >= 0.3 is 0 Å².